The second-order valence-electron chi connectivity index (χ2n) is 5.01. The normalized spacial score (nSPS) is 16.4. The first-order chi connectivity index (χ1) is 10.1. The number of rotatable bonds is 2. The maximum Gasteiger partial charge on any atom is 0.321 e. The summed E-state index contributed by atoms with van der Waals surface area (Å²) >= 11 is 3.33. The van der Waals surface area contributed by atoms with Crippen molar-refractivity contribution >= 4 is 33.5 Å². The Morgan fingerprint density at radius 1 is 1.29 bits per heavy atom. The first-order valence-electron chi connectivity index (χ1n) is 6.95. The van der Waals surface area contributed by atoms with E-state index in [4.69, 9.17) is 10.9 Å². The second kappa shape index (κ2) is 7.31. The number of amidine groups is 1. The summed E-state index contributed by atoms with van der Waals surface area (Å²) in [5.74, 6) is -0.0394. The predicted molar refractivity (Wildman–Crippen MR) is 85.7 cm³/mol. The molecule has 1 aromatic rings. The van der Waals surface area contributed by atoms with Crippen LogP contribution in [0.1, 0.15) is 31.2 Å². The fourth-order valence-corrected chi connectivity index (χ4v) is 2.72. The van der Waals surface area contributed by atoms with E-state index in [-0.39, 0.29) is 11.9 Å². The molecule has 0 aliphatic carbocycles. The Bertz CT molecular complexity index is 540. The molecule has 0 bridgehead atoms. The van der Waals surface area contributed by atoms with E-state index in [9.17, 15) is 4.79 Å². The van der Waals surface area contributed by atoms with Gasteiger partial charge < -0.3 is 21.2 Å². The van der Waals surface area contributed by atoms with Crippen LogP contribution in [-0.4, -0.2) is 35.1 Å². The van der Waals surface area contributed by atoms with Crippen molar-refractivity contribution in [3.8, 4) is 0 Å². The molecule has 0 saturated carbocycles. The Labute approximate surface area is 132 Å². The number of urea groups is 1. The van der Waals surface area contributed by atoms with Gasteiger partial charge in [-0.1, -0.05) is 33.9 Å². The molecule has 1 aromatic carbocycles. The van der Waals surface area contributed by atoms with Gasteiger partial charge in [-0.2, -0.15) is 0 Å². The SMILES string of the molecule is N/C(=N/O)c1cc(Br)ccc1NC(=O)N1CCCCCC1. The number of hydrogen-bond acceptors (Lipinski definition) is 3. The van der Waals surface area contributed by atoms with Gasteiger partial charge in [0.1, 0.15) is 0 Å². The van der Waals surface area contributed by atoms with Crippen LogP contribution in [0.15, 0.2) is 27.8 Å². The van der Waals surface area contributed by atoms with Crippen molar-refractivity contribution in [2.24, 2.45) is 10.9 Å². The molecule has 6 nitrogen and oxygen atoms in total. The summed E-state index contributed by atoms with van der Waals surface area (Å²) in [5, 5.41) is 14.7. The number of oxime groups is 1. The molecule has 0 radical (unpaired) electrons. The van der Waals surface area contributed by atoms with E-state index in [0.29, 0.717) is 11.3 Å². The number of amides is 2. The van der Waals surface area contributed by atoms with E-state index in [1.54, 1.807) is 18.2 Å². The number of halogens is 1. The minimum absolute atomic E-state index is 0.0394. The fourth-order valence-electron chi connectivity index (χ4n) is 2.36. The molecule has 21 heavy (non-hydrogen) atoms. The van der Waals surface area contributed by atoms with Crippen LogP contribution >= 0.6 is 15.9 Å². The van der Waals surface area contributed by atoms with Crippen LogP contribution in [0.4, 0.5) is 10.5 Å². The Kier molecular flexibility index (Phi) is 5.44. The van der Waals surface area contributed by atoms with Crippen LogP contribution in [0.2, 0.25) is 0 Å². The summed E-state index contributed by atoms with van der Waals surface area (Å²) in [6.45, 7) is 1.53. The van der Waals surface area contributed by atoms with Crippen LogP contribution in [0.3, 0.4) is 0 Å². The summed E-state index contributed by atoms with van der Waals surface area (Å²) in [6.07, 6.45) is 4.39. The van der Waals surface area contributed by atoms with Gasteiger partial charge in [-0.15, -0.1) is 0 Å². The Balaban J connectivity index is 2.16. The van der Waals surface area contributed by atoms with E-state index in [1.165, 1.54) is 0 Å². The summed E-state index contributed by atoms with van der Waals surface area (Å²) in [6, 6.07) is 5.08. The highest BCUT2D eigenvalue weighted by atomic mass is 79.9. The fraction of sp³-hybridized carbons (Fsp3) is 0.429. The molecule has 2 rings (SSSR count). The van der Waals surface area contributed by atoms with Crippen molar-refractivity contribution in [3.63, 3.8) is 0 Å². The van der Waals surface area contributed by atoms with Crippen LogP contribution in [0.25, 0.3) is 0 Å². The zero-order valence-electron chi connectivity index (χ0n) is 11.7. The molecule has 1 saturated heterocycles. The monoisotopic (exact) mass is 354 g/mol. The third kappa shape index (κ3) is 4.10. The molecule has 0 unspecified atom stereocenters. The van der Waals surface area contributed by atoms with Crippen LogP contribution in [0.5, 0.6) is 0 Å². The average Bonchev–Trinajstić information content (AvgIpc) is 2.77. The van der Waals surface area contributed by atoms with Gasteiger partial charge in [0.15, 0.2) is 5.84 Å². The van der Waals surface area contributed by atoms with Gasteiger partial charge in [0.2, 0.25) is 0 Å². The van der Waals surface area contributed by atoms with Gasteiger partial charge in [-0.25, -0.2) is 4.79 Å². The number of nitrogens with one attached hydrogen (secondary N) is 1. The molecule has 0 aromatic heterocycles. The first-order valence-corrected chi connectivity index (χ1v) is 7.74. The molecule has 114 valence electrons. The number of nitrogens with zero attached hydrogens (tertiary/aromatic N) is 2. The zero-order chi connectivity index (χ0) is 15.2. The highest BCUT2D eigenvalue weighted by Gasteiger charge is 2.17. The topological polar surface area (TPSA) is 91.0 Å². The summed E-state index contributed by atoms with van der Waals surface area (Å²) < 4.78 is 0.789. The standard InChI is InChI=1S/C14H19BrN4O2/c15-10-5-6-12(11(9-10)13(16)18-21)17-14(20)19-7-3-1-2-4-8-19/h5-6,9,21H,1-4,7-8H2,(H2,16,18)(H,17,20). The number of benzene rings is 1. The maximum atomic E-state index is 12.3. The number of carbonyl (C=O) groups excluding carboxylic acids is 1. The van der Waals surface area contributed by atoms with Crippen molar-refractivity contribution in [3.05, 3.63) is 28.2 Å². The van der Waals surface area contributed by atoms with Crippen LogP contribution < -0.4 is 11.1 Å². The minimum Gasteiger partial charge on any atom is -0.409 e. The number of likely N-dealkylation sites (tertiary alicyclic amines) is 1. The molecule has 7 heteroatoms. The quantitative estimate of drug-likeness (QED) is 0.330. The molecule has 1 aliphatic heterocycles. The Morgan fingerprint density at radius 2 is 1.95 bits per heavy atom. The molecule has 1 heterocycles. The summed E-state index contributed by atoms with van der Waals surface area (Å²) in [7, 11) is 0. The van der Waals surface area contributed by atoms with Gasteiger partial charge in [0.05, 0.1) is 5.69 Å². The summed E-state index contributed by atoms with van der Waals surface area (Å²) in [4.78, 5) is 14.1. The molecule has 2 amide bonds. The average molecular weight is 355 g/mol. The van der Waals surface area contributed by atoms with Crippen LogP contribution in [-0.2, 0) is 0 Å². The molecule has 0 spiro atoms. The number of hydrogen-bond donors (Lipinski definition) is 3. The van der Waals surface area contributed by atoms with Crippen molar-refractivity contribution in [1.29, 1.82) is 0 Å². The smallest absolute Gasteiger partial charge is 0.321 e. The van der Waals surface area contributed by atoms with Gasteiger partial charge >= 0.3 is 6.03 Å². The first kappa shape index (κ1) is 15.6. The zero-order valence-corrected chi connectivity index (χ0v) is 13.3. The summed E-state index contributed by atoms with van der Waals surface area (Å²) in [5.41, 5.74) is 6.67. The third-order valence-electron chi connectivity index (χ3n) is 3.50. The minimum atomic E-state index is -0.147. The molecular weight excluding hydrogens is 336 g/mol. The lowest BCUT2D eigenvalue weighted by atomic mass is 10.1. The third-order valence-corrected chi connectivity index (χ3v) is 3.99. The molecule has 1 aliphatic rings. The van der Waals surface area contributed by atoms with Gasteiger partial charge in [-0.3, -0.25) is 0 Å². The van der Waals surface area contributed by atoms with Crippen molar-refractivity contribution in [2.75, 3.05) is 18.4 Å². The highest BCUT2D eigenvalue weighted by Crippen LogP contribution is 2.22. The van der Waals surface area contributed by atoms with Crippen molar-refractivity contribution in [1.82, 2.24) is 4.90 Å². The van der Waals surface area contributed by atoms with Gasteiger partial charge in [0, 0.05) is 23.1 Å². The predicted octanol–water partition coefficient (Wildman–Crippen LogP) is 2.95. The van der Waals surface area contributed by atoms with E-state index in [1.807, 2.05) is 4.90 Å². The Hall–Kier alpha value is -1.76. The number of anilines is 1. The van der Waals surface area contributed by atoms with E-state index >= 15 is 0 Å². The lowest BCUT2D eigenvalue weighted by Crippen LogP contribution is -2.36. The van der Waals surface area contributed by atoms with E-state index in [2.05, 4.69) is 26.4 Å². The van der Waals surface area contributed by atoms with Crippen LogP contribution in [0, 0.1) is 0 Å². The molecule has 0 atom stereocenters. The van der Waals surface area contributed by atoms with Crippen molar-refractivity contribution < 1.29 is 10.0 Å². The number of nitrogens with two attached hydrogens (primary N) is 1. The molecule has 1 fully saturated rings. The second-order valence-corrected chi connectivity index (χ2v) is 5.92. The van der Waals surface area contributed by atoms with E-state index in [0.717, 1.165) is 43.2 Å². The largest absolute Gasteiger partial charge is 0.409 e. The molecular formula is C14H19BrN4O2. The Morgan fingerprint density at radius 3 is 2.57 bits per heavy atom. The lowest BCUT2D eigenvalue weighted by molar-refractivity contribution is 0.214. The molecule has 4 N–H and O–H groups in total. The van der Waals surface area contributed by atoms with Gasteiger partial charge in [0.25, 0.3) is 0 Å². The lowest BCUT2D eigenvalue weighted by Gasteiger charge is -2.21. The van der Waals surface area contributed by atoms with Crippen molar-refractivity contribution in [2.45, 2.75) is 25.7 Å². The van der Waals surface area contributed by atoms with E-state index < -0.39 is 0 Å². The number of carbonyl (C=O) groups is 1. The highest BCUT2D eigenvalue weighted by molar-refractivity contribution is 9.10. The maximum absolute atomic E-state index is 12.3. The van der Waals surface area contributed by atoms with Gasteiger partial charge in [-0.05, 0) is 31.0 Å².